The fraction of sp³-hybridized carbons (Fsp3) is 0.457. The second-order valence-electron chi connectivity index (χ2n) is 24.0. The van der Waals surface area contributed by atoms with Gasteiger partial charge in [-0.15, -0.1) is 0 Å². The second-order valence-corrected chi connectivity index (χ2v) is 24.0. The van der Waals surface area contributed by atoms with Gasteiger partial charge in [0.15, 0.2) is 31.1 Å². The molecule has 0 spiro atoms. The number of fused-ring (bicyclic) bond motifs is 4. The maximum atomic E-state index is 14.0. The Morgan fingerprint density at radius 1 is 0.602 bits per heavy atom. The van der Waals surface area contributed by atoms with Crippen LogP contribution in [0.2, 0.25) is 0 Å². The minimum atomic E-state index is -1.17. The molecule has 6 aromatic rings. The average molecular weight is 1210 g/mol. The quantitative estimate of drug-likeness (QED) is 0.0427. The van der Waals surface area contributed by atoms with Crippen molar-refractivity contribution >= 4 is 12.0 Å². The van der Waals surface area contributed by atoms with Gasteiger partial charge in [-0.05, 0) is 45.9 Å². The summed E-state index contributed by atoms with van der Waals surface area (Å²) in [6.45, 7) is 10.3. The van der Waals surface area contributed by atoms with E-state index in [0.29, 0.717) is 6.61 Å². The van der Waals surface area contributed by atoms with Crippen LogP contribution in [0.1, 0.15) is 80.2 Å². The lowest BCUT2D eigenvalue weighted by molar-refractivity contribution is -0.365. The molecule has 0 aromatic heterocycles. The lowest BCUT2D eigenvalue weighted by atomic mass is 9.87. The SMILES string of the molecule is CC(=N)O[C@H]1OC(CO)[C@H](NC(=O)OCC2c3ccccc3-c3ccccc32)C(C)[C@H]1O[C@@H]1OC(C)[C@H](O[C@@H]2OC[C@@H](C)C(O[C@@H]3OC[C@]4(COCc5ccccc5)O[C@@H](c5ccccc5)OC34)[C@H]2OCc2ccccc2)C(OCc2ccccc2)[C@@H]1C. The molecular formula is C70H80N2O16. The van der Waals surface area contributed by atoms with Crippen LogP contribution in [0.4, 0.5) is 4.79 Å². The summed E-state index contributed by atoms with van der Waals surface area (Å²) < 4.78 is 94.0. The van der Waals surface area contributed by atoms with Gasteiger partial charge in [-0.1, -0.05) is 191 Å². The summed E-state index contributed by atoms with van der Waals surface area (Å²) in [5.74, 6) is -1.64. The fourth-order valence-corrected chi connectivity index (χ4v) is 13.1. The number of nitrogens with one attached hydrogen (secondary N) is 2. The largest absolute Gasteiger partial charge is 0.450 e. The van der Waals surface area contributed by atoms with E-state index in [0.717, 1.165) is 44.5 Å². The van der Waals surface area contributed by atoms with E-state index in [1.165, 1.54) is 6.92 Å². The average Bonchev–Trinajstić information content (AvgIpc) is 1.75. The Balaban J connectivity index is 0.783. The van der Waals surface area contributed by atoms with Crippen molar-refractivity contribution in [3.63, 3.8) is 0 Å². The molecule has 6 aliphatic rings. The zero-order valence-electron chi connectivity index (χ0n) is 50.3. The number of hydrogen-bond donors (Lipinski definition) is 3. The maximum Gasteiger partial charge on any atom is 0.407 e. The normalized spacial score (nSPS) is 32.6. The van der Waals surface area contributed by atoms with Gasteiger partial charge < -0.3 is 76.7 Å². The molecule has 5 saturated heterocycles. The molecule has 466 valence electrons. The number of ether oxygens (including phenoxy) is 14. The number of rotatable bonds is 22. The van der Waals surface area contributed by atoms with Crippen molar-refractivity contribution in [2.24, 2.45) is 17.8 Å². The van der Waals surface area contributed by atoms with E-state index in [1.54, 1.807) is 0 Å². The molecule has 12 rings (SSSR count). The predicted molar refractivity (Wildman–Crippen MR) is 322 cm³/mol. The first-order valence-corrected chi connectivity index (χ1v) is 30.7. The molecule has 6 aromatic carbocycles. The Labute approximate surface area is 514 Å². The number of amides is 1. The number of aliphatic hydroxyl groups excluding tert-OH is 1. The molecule has 0 saturated carbocycles. The number of alkyl carbamates (subject to hydrolysis) is 1. The molecule has 18 nitrogen and oxygen atoms in total. The van der Waals surface area contributed by atoms with Crippen LogP contribution in [0.5, 0.6) is 0 Å². The topological polar surface area (TPSA) is 202 Å². The van der Waals surface area contributed by atoms with Gasteiger partial charge in [0.25, 0.3) is 0 Å². The highest BCUT2D eigenvalue weighted by molar-refractivity contribution is 5.79. The summed E-state index contributed by atoms with van der Waals surface area (Å²) in [5, 5.41) is 22.2. The van der Waals surface area contributed by atoms with Crippen molar-refractivity contribution < 1.29 is 76.2 Å². The van der Waals surface area contributed by atoms with E-state index < -0.39 is 116 Å². The van der Waals surface area contributed by atoms with Crippen molar-refractivity contribution in [3.8, 4) is 11.1 Å². The predicted octanol–water partition coefficient (Wildman–Crippen LogP) is 10.4. The summed E-state index contributed by atoms with van der Waals surface area (Å²) in [6, 6.07) is 55.0. The van der Waals surface area contributed by atoms with E-state index in [2.05, 4.69) is 36.5 Å². The molecule has 18 heteroatoms. The van der Waals surface area contributed by atoms with E-state index in [4.69, 9.17) is 71.7 Å². The summed E-state index contributed by atoms with van der Waals surface area (Å²) in [5.41, 5.74) is 7.16. The van der Waals surface area contributed by atoms with Crippen LogP contribution < -0.4 is 5.32 Å². The summed E-state index contributed by atoms with van der Waals surface area (Å²) in [4.78, 5) is 14.0. The van der Waals surface area contributed by atoms with Crippen LogP contribution in [0.15, 0.2) is 170 Å². The Morgan fingerprint density at radius 2 is 1.17 bits per heavy atom. The molecule has 0 radical (unpaired) electrons. The zero-order valence-corrected chi connectivity index (χ0v) is 50.3. The summed E-state index contributed by atoms with van der Waals surface area (Å²) in [7, 11) is 0. The molecule has 3 N–H and O–H groups in total. The van der Waals surface area contributed by atoms with Gasteiger partial charge >= 0.3 is 6.09 Å². The van der Waals surface area contributed by atoms with E-state index in [-0.39, 0.29) is 57.4 Å². The molecule has 88 heavy (non-hydrogen) atoms. The van der Waals surface area contributed by atoms with Crippen LogP contribution in [-0.4, -0.2) is 136 Å². The van der Waals surface area contributed by atoms with Gasteiger partial charge in [0, 0.05) is 36.2 Å². The van der Waals surface area contributed by atoms with Crippen LogP contribution in [0.3, 0.4) is 0 Å². The lowest BCUT2D eigenvalue weighted by Crippen LogP contribution is -2.64. The highest BCUT2D eigenvalue weighted by Gasteiger charge is 2.61. The summed E-state index contributed by atoms with van der Waals surface area (Å²) in [6.07, 6.45) is -11.6. The van der Waals surface area contributed by atoms with E-state index in [9.17, 15) is 9.90 Å². The first-order chi connectivity index (χ1) is 42.9. The van der Waals surface area contributed by atoms with Crippen molar-refractivity contribution in [2.75, 3.05) is 33.0 Å². The Bertz CT molecular complexity index is 3180. The third-order valence-electron chi connectivity index (χ3n) is 17.8. The minimum absolute atomic E-state index is 0.0867. The second kappa shape index (κ2) is 28.2. The number of carbonyl (C=O) groups is 1. The number of carbonyl (C=O) groups excluding carboxylic acids is 1. The molecule has 6 unspecified atom stereocenters. The van der Waals surface area contributed by atoms with Gasteiger partial charge in [0.1, 0.15) is 42.7 Å². The van der Waals surface area contributed by atoms with Gasteiger partial charge in [0.05, 0.1) is 70.6 Å². The zero-order chi connectivity index (χ0) is 60.7. The third kappa shape index (κ3) is 13.7. The molecule has 5 heterocycles. The number of hydrogen-bond acceptors (Lipinski definition) is 17. The fourth-order valence-electron chi connectivity index (χ4n) is 13.1. The highest BCUT2D eigenvalue weighted by atomic mass is 16.8. The van der Waals surface area contributed by atoms with Gasteiger partial charge in [-0.25, -0.2) is 4.79 Å². The molecule has 18 atom stereocenters. The molecule has 0 bridgehead atoms. The third-order valence-corrected chi connectivity index (χ3v) is 17.8. The Hall–Kier alpha value is -6.46. The highest BCUT2D eigenvalue weighted by Crippen LogP contribution is 2.48. The van der Waals surface area contributed by atoms with Crippen molar-refractivity contribution in [3.05, 3.63) is 203 Å². The number of benzene rings is 6. The molecule has 1 amide bonds. The minimum Gasteiger partial charge on any atom is -0.450 e. The first kappa shape index (κ1) is 61.8. The Kier molecular flexibility index (Phi) is 19.8. The first-order valence-electron chi connectivity index (χ1n) is 30.7. The van der Waals surface area contributed by atoms with Crippen LogP contribution >= 0.6 is 0 Å². The number of aliphatic hydroxyl groups is 1. The van der Waals surface area contributed by atoms with Crippen molar-refractivity contribution in [1.29, 1.82) is 5.41 Å². The van der Waals surface area contributed by atoms with E-state index >= 15 is 0 Å². The molecule has 5 fully saturated rings. The Morgan fingerprint density at radius 3 is 1.80 bits per heavy atom. The van der Waals surface area contributed by atoms with Crippen LogP contribution in [-0.2, 0) is 86.1 Å². The smallest absolute Gasteiger partial charge is 0.407 e. The van der Waals surface area contributed by atoms with Crippen molar-refractivity contribution in [1.82, 2.24) is 5.32 Å². The lowest BCUT2D eigenvalue weighted by Gasteiger charge is -2.50. The van der Waals surface area contributed by atoms with Crippen LogP contribution in [0, 0.1) is 23.2 Å². The monoisotopic (exact) mass is 1200 g/mol. The van der Waals surface area contributed by atoms with Gasteiger partial charge in [-0.3, -0.25) is 5.41 Å². The molecule has 1 aliphatic carbocycles. The maximum absolute atomic E-state index is 14.0. The van der Waals surface area contributed by atoms with Gasteiger partial charge in [0.2, 0.25) is 6.29 Å². The molecule has 5 aliphatic heterocycles. The van der Waals surface area contributed by atoms with Crippen LogP contribution in [0.25, 0.3) is 11.1 Å². The molecular weight excluding hydrogens is 1120 g/mol. The van der Waals surface area contributed by atoms with Gasteiger partial charge in [-0.2, -0.15) is 0 Å². The standard InChI is InChI=1S/C70H80N2O16/c1-42-35-78-66(62(77-38-49-26-14-8-15-27-49)58(42)84-68-63-70(41-80-68,40-75-36-47-22-10-6-11-23-47)88-65(87-63)50-28-16-9-17-29-50)86-61-45(4)81-64(44(3)59(61)76-37-48-24-12-7-13-25-48)85-60-43(2)57(56(34-73)83-67(60)82-46(5)71)72-69(74)79-39-55-53-32-20-18-30-51(53)52-31-19-21-33-54(52)55/h6-33,42-45,55-68,71,73H,34-41H2,1-5H3,(H,72,74)/t42-,43?,44+,45?,56?,57-,58?,59?,60-,61+,62-,63?,64+,65+,66+,67+,68+,70+/m1/s1. The summed E-state index contributed by atoms with van der Waals surface area (Å²) >= 11 is 0. The van der Waals surface area contributed by atoms with Crippen molar-refractivity contribution in [2.45, 2.75) is 152 Å². The van der Waals surface area contributed by atoms with E-state index in [1.807, 2.05) is 166 Å².